The molecule has 2 aromatic carbocycles. The van der Waals surface area contributed by atoms with Crippen LogP contribution in [0.2, 0.25) is 0 Å². The zero-order valence-electron chi connectivity index (χ0n) is 15.5. The quantitative estimate of drug-likeness (QED) is 0.849. The third kappa shape index (κ3) is 3.68. The highest BCUT2D eigenvalue weighted by molar-refractivity contribution is 7.90. The highest BCUT2D eigenvalue weighted by Crippen LogP contribution is 2.63. The van der Waals surface area contributed by atoms with Crippen LogP contribution >= 0.6 is 0 Å². The van der Waals surface area contributed by atoms with Crippen molar-refractivity contribution in [3.63, 3.8) is 0 Å². The van der Waals surface area contributed by atoms with E-state index in [4.69, 9.17) is 0 Å². The Morgan fingerprint density at radius 1 is 1.04 bits per heavy atom. The highest BCUT2D eigenvalue weighted by Gasteiger charge is 2.61. The molecule has 0 radical (unpaired) electrons. The van der Waals surface area contributed by atoms with E-state index in [2.05, 4.69) is 31.3 Å². The normalized spacial score (nSPS) is 21.2. The van der Waals surface area contributed by atoms with Crippen molar-refractivity contribution in [1.82, 2.24) is 5.32 Å². The summed E-state index contributed by atoms with van der Waals surface area (Å²) in [5, 5.41) is 3.08. The number of amides is 1. The SMILES string of the molecule is CC1(C)C[C@]1(CNC(=O)Cc1ccc(S(C)(=O)=O)cc1)c1ccccc1. The molecule has 3 rings (SSSR count). The summed E-state index contributed by atoms with van der Waals surface area (Å²) in [6.45, 7) is 5.08. The van der Waals surface area contributed by atoms with Gasteiger partial charge in [-0.15, -0.1) is 0 Å². The molecule has 0 saturated heterocycles. The first-order valence-electron chi connectivity index (χ1n) is 8.75. The maximum absolute atomic E-state index is 12.4. The lowest BCUT2D eigenvalue weighted by Crippen LogP contribution is -2.35. The van der Waals surface area contributed by atoms with Crippen LogP contribution in [0.4, 0.5) is 0 Å². The van der Waals surface area contributed by atoms with E-state index in [-0.39, 0.29) is 28.1 Å². The van der Waals surface area contributed by atoms with Gasteiger partial charge in [-0.2, -0.15) is 0 Å². The van der Waals surface area contributed by atoms with Gasteiger partial charge in [0.05, 0.1) is 11.3 Å². The van der Waals surface area contributed by atoms with Gasteiger partial charge in [0.2, 0.25) is 5.91 Å². The maximum Gasteiger partial charge on any atom is 0.224 e. The molecule has 1 amide bonds. The van der Waals surface area contributed by atoms with Crippen LogP contribution in [-0.4, -0.2) is 27.1 Å². The van der Waals surface area contributed by atoms with E-state index in [1.54, 1.807) is 24.3 Å². The van der Waals surface area contributed by atoms with E-state index in [0.717, 1.165) is 12.0 Å². The van der Waals surface area contributed by atoms with Crippen LogP contribution < -0.4 is 5.32 Å². The van der Waals surface area contributed by atoms with E-state index in [1.807, 2.05) is 18.2 Å². The van der Waals surface area contributed by atoms with Crippen molar-refractivity contribution in [3.8, 4) is 0 Å². The first kappa shape index (κ1) is 18.6. The second-order valence-corrected chi connectivity index (χ2v) is 9.89. The van der Waals surface area contributed by atoms with Crippen LogP contribution in [0.15, 0.2) is 59.5 Å². The molecule has 1 aliphatic carbocycles. The molecule has 0 aliphatic heterocycles. The lowest BCUT2D eigenvalue weighted by molar-refractivity contribution is -0.120. The predicted molar refractivity (Wildman–Crippen MR) is 103 cm³/mol. The zero-order valence-corrected chi connectivity index (χ0v) is 16.3. The van der Waals surface area contributed by atoms with E-state index in [1.165, 1.54) is 11.8 Å². The summed E-state index contributed by atoms with van der Waals surface area (Å²) in [7, 11) is -3.21. The average molecular weight is 372 g/mol. The summed E-state index contributed by atoms with van der Waals surface area (Å²) in [4.78, 5) is 12.6. The van der Waals surface area contributed by atoms with Crippen molar-refractivity contribution in [3.05, 3.63) is 65.7 Å². The summed E-state index contributed by atoms with van der Waals surface area (Å²) in [6, 6.07) is 16.8. The van der Waals surface area contributed by atoms with Gasteiger partial charge in [-0.3, -0.25) is 4.79 Å². The fraction of sp³-hybridized carbons (Fsp3) is 0.381. The van der Waals surface area contributed by atoms with Crippen molar-refractivity contribution in [1.29, 1.82) is 0 Å². The van der Waals surface area contributed by atoms with Gasteiger partial charge in [0.1, 0.15) is 0 Å². The molecule has 0 aromatic heterocycles. The number of carbonyl (C=O) groups is 1. The Kier molecular flexibility index (Phi) is 4.69. The van der Waals surface area contributed by atoms with Crippen LogP contribution in [0, 0.1) is 5.41 Å². The summed E-state index contributed by atoms with van der Waals surface area (Å²) < 4.78 is 23.0. The molecule has 1 N–H and O–H groups in total. The third-order valence-electron chi connectivity index (χ3n) is 5.54. The second kappa shape index (κ2) is 6.54. The molecule has 26 heavy (non-hydrogen) atoms. The van der Waals surface area contributed by atoms with Crippen LogP contribution in [0.25, 0.3) is 0 Å². The van der Waals surface area contributed by atoms with E-state index >= 15 is 0 Å². The minimum atomic E-state index is -3.21. The topological polar surface area (TPSA) is 63.2 Å². The highest BCUT2D eigenvalue weighted by atomic mass is 32.2. The largest absolute Gasteiger partial charge is 0.355 e. The average Bonchev–Trinajstić information content (AvgIpc) is 3.16. The first-order chi connectivity index (χ1) is 12.1. The first-order valence-corrected chi connectivity index (χ1v) is 10.6. The summed E-state index contributed by atoms with van der Waals surface area (Å²) in [5.41, 5.74) is 2.23. The van der Waals surface area contributed by atoms with Crippen molar-refractivity contribution < 1.29 is 13.2 Å². The zero-order chi connectivity index (χ0) is 19.0. The van der Waals surface area contributed by atoms with Crippen molar-refractivity contribution in [2.75, 3.05) is 12.8 Å². The number of carbonyl (C=O) groups excluding carboxylic acids is 1. The molecule has 0 bridgehead atoms. The Morgan fingerprint density at radius 2 is 1.62 bits per heavy atom. The lowest BCUT2D eigenvalue weighted by Gasteiger charge is -2.22. The number of rotatable bonds is 6. The van der Waals surface area contributed by atoms with E-state index in [0.29, 0.717) is 6.54 Å². The van der Waals surface area contributed by atoms with Crippen molar-refractivity contribution >= 4 is 15.7 Å². The number of hydrogen-bond donors (Lipinski definition) is 1. The van der Waals surface area contributed by atoms with Gasteiger partial charge >= 0.3 is 0 Å². The molecule has 2 aromatic rings. The molecule has 138 valence electrons. The molecule has 0 spiro atoms. The molecular formula is C21H25NO3S. The Labute approximate surface area is 155 Å². The lowest BCUT2D eigenvalue weighted by atomic mass is 9.88. The van der Waals surface area contributed by atoms with Gasteiger partial charge in [0.25, 0.3) is 0 Å². The van der Waals surface area contributed by atoms with Gasteiger partial charge in [-0.05, 0) is 35.1 Å². The molecule has 0 unspecified atom stereocenters. The molecule has 1 fully saturated rings. The van der Waals surface area contributed by atoms with Crippen molar-refractivity contribution in [2.45, 2.75) is 37.0 Å². The van der Waals surface area contributed by atoms with Crippen LogP contribution in [0.5, 0.6) is 0 Å². The van der Waals surface area contributed by atoms with E-state index < -0.39 is 9.84 Å². The third-order valence-corrected chi connectivity index (χ3v) is 6.67. The maximum atomic E-state index is 12.4. The van der Waals surface area contributed by atoms with Crippen LogP contribution in [0.3, 0.4) is 0 Å². The standard InChI is InChI=1S/C21H25NO3S/c1-20(2)14-21(20,17-7-5-4-6-8-17)15-22-19(23)13-16-9-11-18(12-10-16)26(3,24)25/h4-12H,13-15H2,1-3H3,(H,22,23)/t21-/m0/s1. The van der Waals surface area contributed by atoms with Gasteiger partial charge in [0, 0.05) is 18.2 Å². The van der Waals surface area contributed by atoms with E-state index in [9.17, 15) is 13.2 Å². The second-order valence-electron chi connectivity index (χ2n) is 7.88. The Morgan fingerprint density at radius 3 is 2.12 bits per heavy atom. The van der Waals surface area contributed by atoms with Gasteiger partial charge < -0.3 is 5.32 Å². The molecule has 1 aliphatic rings. The monoisotopic (exact) mass is 371 g/mol. The fourth-order valence-electron chi connectivity index (χ4n) is 3.72. The van der Waals surface area contributed by atoms with Crippen LogP contribution in [-0.2, 0) is 26.5 Å². The van der Waals surface area contributed by atoms with Gasteiger partial charge in [-0.1, -0.05) is 56.3 Å². The molecule has 0 heterocycles. The summed E-state index contributed by atoms with van der Waals surface area (Å²) >= 11 is 0. The Bertz CT molecular complexity index is 902. The molecule has 4 nitrogen and oxygen atoms in total. The van der Waals surface area contributed by atoms with Crippen molar-refractivity contribution in [2.24, 2.45) is 5.41 Å². The van der Waals surface area contributed by atoms with Gasteiger partial charge in [0.15, 0.2) is 9.84 Å². The Hall–Kier alpha value is -2.14. The number of benzene rings is 2. The van der Waals surface area contributed by atoms with Gasteiger partial charge in [-0.25, -0.2) is 8.42 Å². The number of hydrogen-bond acceptors (Lipinski definition) is 3. The smallest absolute Gasteiger partial charge is 0.224 e. The molecule has 1 saturated carbocycles. The molecule has 5 heteroatoms. The minimum Gasteiger partial charge on any atom is -0.355 e. The molecule has 1 atom stereocenters. The van der Waals surface area contributed by atoms with Crippen LogP contribution in [0.1, 0.15) is 31.4 Å². The minimum absolute atomic E-state index is 0.00985. The Balaban J connectivity index is 1.64. The number of nitrogens with one attached hydrogen (secondary N) is 1. The summed E-state index contributed by atoms with van der Waals surface area (Å²) in [5.74, 6) is -0.0462. The number of sulfone groups is 1. The predicted octanol–water partition coefficient (Wildman–Crippen LogP) is 3.12. The summed E-state index contributed by atoms with van der Waals surface area (Å²) in [6.07, 6.45) is 2.47. The fourth-order valence-corrected chi connectivity index (χ4v) is 4.35. The molecular weight excluding hydrogens is 346 g/mol.